The molecule has 2 heteroatoms. The van der Waals surface area contributed by atoms with Crippen LogP contribution in [0.5, 0.6) is 0 Å². The van der Waals surface area contributed by atoms with Gasteiger partial charge >= 0.3 is 0 Å². The molecule has 0 aliphatic heterocycles. The lowest BCUT2D eigenvalue weighted by atomic mass is 10.0. The summed E-state index contributed by atoms with van der Waals surface area (Å²) in [5, 5.41) is 0. The molecule has 17 heavy (non-hydrogen) atoms. The molecule has 1 aromatic rings. The highest BCUT2D eigenvalue weighted by atomic mass is 15.1. The van der Waals surface area contributed by atoms with Crippen LogP contribution in [0.1, 0.15) is 44.7 Å². The van der Waals surface area contributed by atoms with E-state index in [1.807, 2.05) is 0 Å². The smallest absolute Gasteiger partial charge is 0.0366 e. The average Bonchev–Trinajstić information content (AvgIpc) is 3.20. The van der Waals surface area contributed by atoms with Gasteiger partial charge in [0.1, 0.15) is 0 Å². The van der Waals surface area contributed by atoms with Crippen molar-refractivity contribution in [3.63, 3.8) is 0 Å². The molecule has 1 aliphatic carbocycles. The van der Waals surface area contributed by atoms with Gasteiger partial charge < -0.3 is 10.6 Å². The van der Waals surface area contributed by atoms with Crippen LogP contribution in [-0.2, 0) is 0 Å². The Bertz CT molecular complexity index is 354. The van der Waals surface area contributed by atoms with E-state index < -0.39 is 0 Å². The molecule has 0 bridgehead atoms. The van der Waals surface area contributed by atoms with Crippen molar-refractivity contribution in [1.82, 2.24) is 0 Å². The van der Waals surface area contributed by atoms with Gasteiger partial charge in [0, 0.05) is 24.8 Å². The van der Waals surface area contributed by atoms with E-state index in [1.54, 1.807) is 0 Å². The van der Waals surface area contributed by atoms with E-state index >= 15 is 0 Å². The maximum Gasteiger partial charge on any atom is 0.0366 e. The molecule has 1 saturated carbocycles. The predicted molar refractivity (Wildman–Crippen MR) is 74.3 cm³/mol. The van der Waals surface area contributed by atoms with Crippen molar-refractivity contribution in [1.29, 1.82) is 0 Å². The Balaban J connectivity index is 2.06. The van der Waals surface area contributed by atoms with Crippen LogP contribution >= 0.6 is 0 Å². The van der Waals surface area contributed by atoms with Gasteiger partial charge in [-0.2, -0.15) is 0 Å². The number of nitrogens with two attached hydrogens (primary N) is 1. The fourth-order valence-corrected chi connectivity index (χ4v) is 2.32. The SMILES string of the molecule is CC[C@@H](N)c1ccc(N(C)C(C)C2CC2)cc1. The molecule has 1 aromatic carbocycles. The third kappa shape index (κ3) is 2.81. The summed E-state index contributed by atoms with van der Waals surface area (Å²) >= 11 is 0. The second-order valence-electron chi connectivity index (χ2n) is 5.30. The average molecular weight is 232 g/mol. The molecule has 0 radical (unpaired) electrons. The van der Waals surface area contributed by atoms with E-state index in [2.05, 4.69) is 50.1 Å². The van der Waals surface area contributed by atoms with Crippen LogP contribution in [0.15, 0.2) is 24.3 Å². The monoisotopic (exact) mass is 232 g/mol. The zero-order chi connectivity index (χ0) is 12.4. The molecule has 94 valence electrons. The summed E-state index contributed by atoms with van der Waals surface area (Å²) in [7, 11) is 2.19. The van der Waals surface area contributed by atoms with Crippen LogP contribution in [0.4, 0.5) is 5.69 Å². The van der Waals surface area contributed by atoms with Crippen molar-refractivity contribution >= 4 is 5.69 Å². The van der Waals surface area contributed by atoms with Crippen LogP contribution in [0.3, 0.4) is 0 Å². The van der Waals surface area contributed by atoms with Crippen LogP contribution in [-0.4, -0.2) is 13.1 Å². The first-order valence-electron chi connectivity index (χ1n) is 6.71. The van der Waals surface area contributed by atoms with Crippen LogP contribution < -0.4 is 10.6 Å². The van der Waals surface area contributed by atoms with Gasteiger partial charge in [0.05, 0.1) is 0 Å². The normalized spacial score (nSPS) is 18.8. The van der Waals surface area contributed by atoms with Gasteiger partial charge in [0.15, 0.2) is 0 Å². The first-order chi connectivity index (χ1) is 8.13. The summed E-state index contributed by atoms with van der Waals surface area (Å²) in [6.45, 7) is 4.45. The van der Waals surface area contributed by atoms with E-state index in [0.29, 0.717) is 6.04 Å². The molecule has 0 saturated heterocycles. The Labute approximate surface area is 105 Å². The highest BCUT2D eigenvalue weighted by molar-refractivity contribution is 5.48. The Hall–Kier alpha value is -1.02. The second kappa shape index (κ2) is 5.09. The third-order valence-electron chi connectivity index (χ3n) is 4.08. The fourth-order valence-electron chi connectivity index (χ4n) is 2.32. The minimum Gasteiger partial charge on any atom is -0.372 e. The van der Waals surface area contributed by atoms with Gasteiger partial charge in [0.25, 0.3) is 0 Å². The molecule has 1 fully saturated rings. The Morgan fingerprint density at radius 1 is 1.29 bits per heavy atom. The first-order valence-corrected chi connectivity index (χ1v) is 6.71. The number of anilines is 1. The van der Waals surface area contributed by atoms with Crippen molar-refractivity contribution in [2.24, 2.45) is 11.7 Å². The summed E-state index contributed by atoms with van der Waals surface area (Å²) in [5.74, 6) is 0.901. The largest absolute Gasteiger partial charge is 0.372 e. The van der Waals surface area contributed by atoms with Crippen LogP contribution in [0.2, 0.25) is 0 Å². The molecule has 0 spiro atoms. The third-order valence-corrected chi connectivity index (χ3v) is 4.08. The highest BCUT2D eigenvalue weighted by Gasteiger charge is 2.30. The quantitative estimate of drug-likeness (QED) is 0.843. The maximum atomic E-state index is 6.02. The van der Waals surface area contributed by atoms with E-state index in [4.69, 9.17) is 5.73 Å². The standard InChI is InChI=1S/C15H24N2/c1-4-15(16)13-7-9-14(10-8-13)17(3)11(2)12-5-6-12/h7-12,15H,4-6,16H2,1-3H3/t11?,15-/m1/s1. The van der Waals surface area contributed by atoms with E-state index in [-0.39, 0.29) is 6.04 Å². The van der Waals surface area contributed by atoms with Crippen molar-refractivity contribution in [2.75, 3.05) is 11.9 Å². The van der Waals surface area contributed by atoms with Crippen molar-refractivity contribution in [2.45, 2.75) is 45.2 Å². The lowest BCUT2D eigenvalue weighted by molar-refractivity contribution is 0.609. The first kappa shape index (κ1) is 12.4. The molecule has 2 rings (SSSR count). The summed E-state index contributed by atoms with van der Waals surface area (Å²) in [5.41, 5.74) is 8.57. The van der Waals surface area contributed by atoms with E-state index in [1.165, 1.54) is 24.1 Å². The van der Waals surface area contributed by atoms with Gasteiger partial charge in [-0.15, -0.1) is 0 Å². The topological polar surface area (TPSA) is 29.3 Å². The Kier molecular flexibility index (Phi) is 3.72. The number of hydrogen-bond donors (Lipinski definition) is 1. The second-order valence-corrected chi connectivity index (χ2v) is 5.30. The number of benzene rings is 1. The molecule has 1 unspecified atom stereocenters. The van der Waals surface area contributed by atoms with Crippen molar-refractivity contribution in [3.8, 4) is 0 Å². The summed E-state index contributed by atoms with van der Waals surface area (Å²) in [6, 6.07) is 9.56. The zero-order valence-corrected chi connectivity index (χ0v) is 11.2. The van der Waals surface area contributed by atoms with Gasteiger partial charge in [-0.1, -0.05) is 19.1 Å². The molecule has 0 heterocycles. The zero-order valence-electron chi connectivity index (χ0n) is 11.2. The highest BCUT2D eigenvalue weighted by Crippen LogP contribution is 2.36. The van der Waals surface area contributed by atoms with Gasteiger partial charge in [-0.25, -0.2) is 0 Å². The van der Waals surface area contributed by atoms with Crippen LogP contribution in [0.25, 0.3) is 0 Å². The van der Waals surface area contributed by atoms with Gasteiger partial charge in [-0.05, 0) is 49.8 Å². The summed E-state index contributed by atoms with van der Waals surface area (Å²) in [4.78, 5) is 2.39. The number of hydrogen-bond acceptors (Lipinski definition) is 2. The molecule has 2 nitrogen and oxygen atoms in total. The summed E-state index contributed by atoms with van der Waals surface area (Å²) < 4.78 is 0. The summed E-state index contributed by atoms with van der Waals surface area (Å²) in [6.07, 6.45) is 3.78. The molecule has 0 amide bonds. The van der Waals surface area contributed by atoms with Gasteiger partial charge in [-0.3, -0.25) is 0 Å². The molecule has 1 aliphatic rings. The molecule has 2 atom stereocenters. The fraction of sp³-hybridized carbons (Fsp3) is 0.600. The molecular weight excluding hydrogens is 208 g/mol. The van der Waals surface area contributed by atoms with Crippen molar-refractivity contribution < 1.29 is 0 Å². The van der Waals surface area contributed by atoms with E-state index in [0.717, 1.165) is 12.3 Å². The number of nitrogens with zero attached hydrogens (tertiary/aromatic N) is 1. The Morgan fingerprint density at radius 2 is 1.88 bits per heavy atom. The molecule has 2 N–H and O–H groups in total. The van der Waals surface area contributed by atoms with E-state index in [9.17, 15) is 0 Å². The predicted octanol–water partition coefficient (Wildman–Crippen LogP) is 3.33. The van der Waals surface area contributed by atoms with Crippen LogP contribution in [0, 0.1) is 5.92 Å². The number of rotatable bonds is 5. The Morgan fingerprint density at radius 3 is 2.35 bits per heavy atom. The molecule has 0 aromatic heterocycles. The minimum atomic E-state index is 0.176. The van der Waals surface area contributed by atoms with Gasteiger partial charge in [0.2, 0.25) is 0 Å². The maximum absolute atomic E-state index is 6.02. The van der Waals surface area contributed by atoms with Crippen molar-refractivity contribution in [3.05, 3.63) is 29.8 Å². The molecular formula is C15H24N2. The lowest BCUT2D eigenvalue weighted by Gasteiger charge is -2.27. The lowest BCUT2D eigenvalue weighted by Crippen LogP contribution is -2.30. The minimum absolute atomic E-state index is 0.176.